The van der Waals surface area contributed by atoms with E-state index in [4.69, 9.17) is 16.7 Å². The molecule has 0 fully saturated rings. The number of benzene rings is 1. The molecular formula is C12H15ClF3NO. The van der Waals surface area contributed by atoms with E-state index in [2.05, 4.69) is 0 Å². The molecular weight excluding hydrogens is 267 g/mol. The van der Waals surface area contributed by atoms with Crippen LogP contribution in [0.15, 0.2) is 18.2 Å². The molecule has 0 heterocycles. The van der Waals surface area contributed by atoms with Crippen LogP contribution in [0.5, 0.6) is 0 Å². The molecule has 1 N–H and O–H groups in total. The molecule has 18 heavy (non-hydrogen) atoms. The Morgan fingerprint density at radius 2 is 2.00 bits per heavy atom. The van der Waals surface area contributed by atoms with Gasteiger partial charge in [-0.15, -0.1) is 0 Å². The minimum absolute atomic E-state index is 0.0380. The van der Waals surface area contributed by atoms with Gasteiger partial charge in [0.25, 0.3) is 0 Å². The van der Waals surface area contributed by atoms with Gasteiger partial charge in [0.2, 0.25) is 0 Å². The molecule has 1 rings (SSSR count). The molecule has 0 aromatic heterocycles. The minimum Gasteiger partial charge on any atom is -0.395 e. The summed E-state index contributed by atoms with van der Waals surface area (Å²) in [6.07, 6.45) is -4.29. The number of aryl methyl sites for hydroxylation is 1. The van der Waals surface area contributed by atoms with Crippen LogP contribution in [0.4, 0.5) is 13.2 Å². The van der Waals surface area contributed by atoms with E-state index in [1.807, 2.05) is 6.92 Å². The van der Waals surface area contributed by atoms with Crippen molar-refractivity contribution in [2.75, 3.05) is 19.7 Å². The van der Waals surface area contributed by atoms with Crippen molar-refractivity contribution >= 4 is 11.6 Å². The quantitative estimate of drug-likeness (QED) is 0.897. The summed E-state index contributed by atoms with van der Waals surface area (Å²) in [5.41, 5.74) is 1.58. The molecule has 0 aliphatic carbocycles. The summed E-state index contributed by atoms with van der Waals surface area (Å²) in [6.45, 7) is 0.511. The highest BCUT2D eigenvalue weighted by molar-refractivity contribution is 6.31. The van der Waals surface area contributed by atoms with Crippen LogP contribution in [0.3, 0.4) is 0 Å². The second-order valence-electron chi connectivity index (χ2n) is 4.14. The van der Waals surface area contributed by atoms with Crippen molar-refractivity contribution in [2.24, 2.45) is 0 Å². The van der Waals surface area contributed by atoms with Gasteiger partial charge in [-0.2, -0.15) is 13.2 Å². The van der Waals surface area contributed by atoms with Crippen LogP contribution in [0.25, 0.3) is 0 Å². The normalized spacial score (nSPS) is 12.2. The second kappa shape index (κ2) is 6.41. The summed E-state index contributed by atoms with van der Waals surface area (Å²) in [5, 5.41) is 9.23. The minimum atomic E-state index is -4.29. The van der Waals surface area contributed by atoms with Gasteiger partial charge in [0, 0.05) is 18.1 Å². The van der Waals surface area contributed by atoms with E-state index in [0.717, 1.165) is 10.5 Å². The van der Waals surface area contributed by atoms with E-state index < -0.39 is 12.7 Å². The van der Waals surface area contributed by atoms with Gasteiger partial charge in [-0.3, -0.25) is 4.90 Å². The topological polar surface area (TPSA) is 23.5 Å². The Hall–Kier alpha value is -0.780. The molecule has 0 atom stereocenters. The van der Waals surface area contributed by atoms with Crippen molar-refractivity contribution in [1.82, 2.24) is 4.90 Å². The van der Waals surface area contributed by atoms with Gasteiger partial charge < -0.3 is 5.11 Å². The predicted molar refractivity (Wildman–Crippen MR) is 64.6 cm³/mol. The molecule has 0 unspecified atom stereocenters. The van der Waals surface area contributed by atoms with Gasteiger partial charge in [0.1, 0.15) is 0 Å². The van der Waals surface area contributed by atoms with E-state index in [-0.39, 0.29) is 19.7 Å². The molecule has 0 spiro atoms. The molecule has 0 radical (unpaired) electrons. The third-order valence-corrected chi connectivity index (χ3v) is 2.77. The fourth-order valence-corrected chi connectivity index (χ4v) is 1.93. The number of alkyl halides is 3. The zero-order valence-corrected chi connectivity index (χ0v) is 10.7. The fraction of sp³-hybridized carbons (Fsp3) is 0.500. The SMILES string of the molecule is Cc1ccc(CN(CCO)CC(F)(F)F)c(Cl)c1. The lowest BCUT2D eigenvalue weighted by molar-refractivity contribution is -0.147. The van der Waals surface area contributed by atoms with Gasteiger partial charge in [-0.1, -0.05) is 23.7 Å². The maximum absolute atomic E-state index is 12.3. The van der Waals surface area contributed by atoms with Crippen molar-refractivity contribution < 1.29 is 18.3 Å². The highest BCUT2D eigenvalue weighted by atomic mass is 35.5. The smallest absolute Gasteiger partial charge is 0.395 e. The van der Waals surface area contributed by atoms with Crippen molar-refractivity contribution in [3.63, 3.8) is 0 Å². The molecule has 0 amide bonds. The zero-order valence-electron chi connectivity index (χ0n) is 9.97. The average molecular weight is 282 g/mol. The summed E-state index contributed by atoms with van der Waals surface area (Å²) in [6, 6.07) is 5.21. The first-order valence-electron chi connectivity index (χ1n) is 5.47. The van der Waals surface area contributed by atoms with Crippen LogP contribution in [0.1, 0.15) is 11.1 Å². The monoisotopic (exact) mass is 281 g/mol. The first-order chi connectivity index (χ1) is 8.31. The maximum Gasteiger partial charge on any atom is 0.401 e. The first kappa shape index (κ1) is 15.3. The number of nitrogens with zero attached hydrogens (tertiary/aromatic N) is 1. The number of hydrogen-bond acceptors (Lipinski definition) is 2. The second-order valence-corrected chi connectivity index (χ2v) is 4.55. The van der Waals surface area contributed by atoms with Crippen LogP contribution in [0.2, 0.25) is 5.02 Å². The summed E-state index contributed by atoms with van der Waals surface area (Å²) in [7, 11) is 0. The Bertz CT molecular complexity index is 395. The fourth-order valence-electron chi connectivity index (χ4n) is 1.63. The van der Waals surface area contributed by atoms with E-state index in [1.54, 1.807) is 18.2 Å². The lowest BCUT2D eigenvalue weighted by atomic mass is 10.1. The number of hydrogen-bond donors (Lipinski definition) is 1. The molecule has 0 saturated carbocycles. The van der Waals surface area contributed by atoms with Crippen LogP contribution in [0, 0.1) is 6.92 Å². The van der Waals surface area contributed by atoms with Crippen molar-refractivity contribution in [2.45, 2.75) is 19.6 Å². The van der Waals surface area contributed by atoms with E-state index >= 15 is 0 Å². The van der Waals surface area contributed by atoms with E-state index in [0.29, 0.717) is 10.6 Å². The van der Waals surface area contributed by atoms with Gasteiger partial charge >= 0.3 is 6.18 Å². The Morgan fingerprint density at radius 3 is 2.50 bits per heavy atom. The third kappa shape index (κ3) is 5.25. The third-order valence-electron chi connectivity index (χ3n) is 2.42. The number of aliphatic hydroxyl groups is 1. The summed E-state index contributed by atoms with van der Waals surface area (Å²) >= 11 is 5.97. The van der Waals surface area contributed by atoms with Crippen LogP contribution in [-0.4, -0.2) is 35.9 Å². The molecule has 6 heteroatoms. The number of aliphatic hydroxyl groups excluding tert-OH is 1. The van der Waals surface area contributed by atoms with Crippen LogP contribution >= 0.6 is 11.6 Å². The highest BCUT2D eigenvalue weighted by Crippen LogP contribution is 2.22. The average Bonchev–Trinajstić information content (AvgIpc) is 2.20. The maximum atomic E-state index is 12.3. The Balaban J connectivity index is 2.76. The molecule has 1 aromatic rings. The van der Waals surface area contributed by atoms with Gasteiger partial charge in [-0.25, -0.2) is 0 Å². The molecule has 1 aromatic carbocycles. The largest absolute Gasteiger partial charge is 0.401 e. The predicted octanol–water partition coefficient (Wildman–Crippen LogP) is 3.01. The van der Waals surface area contributed by atoms with Gasteiger partial charge in [0.15, 0.2) is 0 Å². The van der Waals surface area contributed by atoms with Crippen LogP contribution < -0.4 is 0 Å². The van der Waals surface area contributed by atoms with Crippen molar-refractivity contribution in [3.8, 4) is 0 Å². The molecule has 2 nitrogen and oxygen atoms in total. The standard InChI is InChI=1S/C12H15ClF3NO/c1-9-2-3-10(11(13)6-9)7-17(4-5-18)8-12(14,15)16/h2-3,6,18H,4-5,7-8H2,1H3. The lowest BCUT2D eigenvalue weighted by Crippen LogP contribution is -2.35. The highest BCUT2D eigenvalue weighted by Gasteiger charge is 2.30. The molecule has 102 valence electrons. The van der Waals surface area contributed by atoms with E-state index in [1.165, 1.54) is 0 Å². The van der Waals surface area contributed by atoms with Crippen molar-refractivity contribution in [3.05, 3.63) is 34.3 Å². The zero-order chi connectivity index (χ0) is 13.8. The van der Waals surface area contributed by atoms with Crippen LogP contribution in [-0.2, 0) is 6.54 Å². The van der Waals surface area contributed by atoms with Crippen molar-refractivity contribution in [1.29, 1.82) is 0 Å². The van der Waals surface area contributed by atoms with E-state index in [9.17, 15) is 13.2 Å². The Morgan fingerprint density at radius 1 is 1.33 bits per heavy atom. The Labute approximate surface area is 109 Å². The van der Waals surface area contributed by atoms with Gasteiger partial charge in [-0.05, 0) is 24.1 Å². The Kier molecular flexibility index (Phi) is 5.44. The number of halogens is 4. The van der Waals surface area contributed by atoms with Gasteiger partial charge in [0.05, 0.1) is 13.2 Å². The lowest BCUT2D eigenvalue weighted by Gasteiger charge is -2.23. The molecule has 0 aliphatic heterocycles. The molecule has 0 aliphatic rings. The molecule has 0 saturated heterocycles. The molecule has 0 bridgehead atoms. The number of rotatable bonds is 5. The summed E-state index contributed by atoms with van der Waals surface area (Å²) in [4.78, 5) is 1.12. The summed E-state index contributed by atoms with van der Waals surface area (Å²) in [5.74, 6) is 0. The summed E-state index contributed by atoms with van der Waals surface area (Å²) < 4.78 is 37.0. The first-order valence-corrected chi connectivity index (χ1v) is 5.84.